The van der Waals surface area contributed by atoms with Crippen LogP contribution >= 0.6 is 0 Å². The number of aliphatic hydroxyl groups is 4. The third kappa shape index (κ3) is 3.29. The van der Waals surface area contributed by atoms with Gasteiger partial charge in [0.2, 0.25) is 0 Å². The minimum atomic E-state index is -1.49. The van der Waals surface area contributed by atoms with Crippen molar-refractivity contribution in [3.05, 3.63) is 30.2 Å². The molecule has 0 amide bonds. The van der Waals surface area contributed by atoms with Gasteiger partial charge in [-0.3, -0.25) is 0 Å². The molecule has 3 rings (SSSR count). The summed E-state index contributed by atoms with van der Waals surface area (Å²) in [7, 11) is 0. The average molecular weight is 327 g/mol. The fourth-order valence-corrected chi connectivity index (χ4v) is 2.29. The van der Waals surface area contributed by atoms with Gasteiger partial charge < -0.3 is 38.8 Å². The highest BCUT2D eigenvalue weighted by molar-refractivity contribution is 5.50. The van der Waals surface area contributed by atoms with Crippen molar-refractivity contribution in [2.45, 2.75) is 37.3 Å². The van der Waals surface area contributed by atoms with Gasteiger partial charge in [0, 0.05) is 6.07 Å². The predicted molar refractivity (Wildman–Crippen MR) is 72.8 cm³/mol. The van der Waals surface area contributed by atoms with Crippen molar-refractivity contribution in [1.29, 1.82) is 0 Å². The minimum Gasteiger partial charge on any atom is -0.463 e. The Hall–Kier alpha value is -1.75. The number of aromatic nitrogens is 1. The van der Waals surface area contributed by atoms with Crippen molar-refractivity contribution in [3.8, 4) is 11.5 Å². The Balaban J connectivity index is 1.61. The summed E-state index contributed by atoms with van der Waals surface area (Å²) >= 11 is 0. The van der Waals surface area contributed by atoms with Crippen LogP contribution in [0.3, 0.4) is 0 Å². The standard InChI is InChI=1S/C14H17NO8/c16-5-10-11(17)12(18)13(19)14(22-10)21-6-7-4-8(15-23-7)9-2-1-3-20-9/h1-4,10-14,16-19H,5-6H2/t10-,11+,12+,13-,14-/m1/s1. The Morgan fingerprint density at radius 1 is 1.17 bits per heavy atom. The molecule has 1 saturated heterocycles. The molecule has 0 bridgehead atoms. The minimum absolute atomic E-state index is 0.0869. The Bertz CT molecular complexity index is 610. The van der Waals surface area contributed by atoms with E-state index in [0.717, 1.165) is 0 Å². The normalized spacial score (nSPS) is 31.4. The first-order valence-corrected chi connectivity index (χ1v) is 7.01. The second kappa shape index (κ2) is 6.79. The molecule has 9 heteroatoms. The van der Waals surface area contributed by atoms with E-state index in [1.807, 2.05) is 0 Å². The van der Waals surface area contributed by atoms with Crippen LogP contribution in [0.1, 0.15) is 5.76 Å². The van der Waals surface area contributed by atoms with E-state index < -0.39 is 37.3 Å². The number of hydrogen-bond acceptors (Lipinski definition) is 9. The van der Waals surface area contributed by atoms with Gasteiger partial charge in [0.15, 0.2) is 17.8 Å². The molecule has 2 aromatic rings. The molecule has 0 spiro atoms. The molecule has 9 nitrogen and oxygen atoms in total. The van der Waals surface area contributed by atoms with Gasteiger partial charge in [-0.25, -0.2) is 0 Å². The van der Waals surface area contributed by atoms with E-state index >= 15 is 0 Å². The second-order valence-electron chi connectivity index (χ2n) is 5.16. The van der Waals surface area contributed by atoms with Gasteiger partial charge in [0.05, 0.1) is 12.9 Å². The van der Waals surface area contributed by atoms with Gasteiger partial charge in [0.1, 0.15) is 36.7 Å². The van der Waals surface area contributed by atoms with Crippen LogP contribution in [0.5, 0.6) is 0 Å². The van der Waals surface area contributed by atoms with Crippen LogP contribution in [0.4, 0.5) is 0 Å². The van der Waals surface area contributed by atoms with Crippen LogP contribution in [0.2, 0.25) is 0 Å². The van der Waals surface area contributed by atoms with Gasteiger partial charge in [-0.05, 0) is 12.1 Å². The zero-order chi connectivity index (χ0) is 16.4. The first-order valence-electron chi connectivity index (χ1n) is 7.01. The molecule has 3 heterocycles. The van der Waals surface area contributed by atoms with E-state index in [1.54, 1.807) is 18.2 Å². The molecule has 4 N–H and O–H groups in total. The molecule has 5 atom stereocenters. The summed E-state index contributed by atoms with van der Waals surface area (Å²) in [4.78, 5) is 0. The Kier molecular flexibility index (Phi) is 4.76. The Morgan fingerprint density at radius 3 is 2.70 bits per heavy atom. The van der Waals surface area contributed by atoms with Gasteiger partial charge >= 0.3 is 0 Å². The van der Waals surface area contributed by atoms with Crippen LogP contribution in [-0.2, 0) is 16.1 Å². The summed E-state index contributed by atoms with van der Waals surface area (Å²) in [6.45, 7) is -0.605. The molecule has 0 aromatic carbocycles. The Morgan fingerprint density at radius 2 is 2.00 bits per heavy atom. The molecule has 0 aliphatic carbocycles. The van der Waals surface area contributed by atoms with Crippen molar-refractivity contribution < 1.29 is 38.8 Å². The highest BCUT2D eigenvalue weighted by Gasteiger charge is 2.44. The number of nitrogens with zero attached hydrogens (tertiary/aromatic N) is 1. The largest absolute Gasteiger partial charge is 0.463 e. The van der Waals surface area contributed by atoms with Crippen molar-refractivity contribution in [1.82, 2.24) is 5.16 Å². The quantitative estimate of drug-likeness (QED) is 0.558. The molecule has 1 fully saturated rings. The second-order valence-corrected chi connectivity index (χ2v) is 5.16. The van der Waals surface area contributed by atoms with Crippen LogP contribution in [0, 0.1) is 0 Å². The van der Waals surface area contributed by atoms with Crippen LogP contribution in [0.25, 0.3) is 11.5 Å². The van der Waals surface area contributed by atoms with Crippen LogP contribution < -0.4 is 0 Å². The van der Waals surface area contributed by atoms with Crippen molar-refractivity contribution in [2.24, 2.45) is 0 Å². The summed E-state index contributed by atoms with van der Waals surface area (Å²) in [6, 6.07) is 5.04. The van der Waals surface area contributed by atoms with Crippen molar-refractivity contribution in [3.63, 3.8) is 0 Å². The molecule has 2 aromatic heterocycles. The number of rotatable bonds is 5. The van der Waals surface area contributed by atoms with Gasteiger partial charge in [-0.1, -0.05) is 5.16 Å². The highest BCUT2D eigenvalue weighted by Crippen LogP contribution is 2.24. The van der Waals surface area contributed by atoms with Crippen LogP contribution in [0.15, 0.2) is 33.4 Å². The van der Waals surface area contributed by atoms with E-state index in [1.165, 1.54) is 6.26 Å². The van der Waals surface area contributed by atoms with Gasteiger partial charge in [-0.2, -0.15) is 0 Å². The maximum absolute atomic E-state index is 9.85. The first-order chi connectivity index (χ1) is 11.1. The number of furan rings is 1. The van der Waals surface area contributed by atoms with E-state index in [9.17, 15) is 15.3 Å². The van der Waals surface area contributed by atoms with E-state index in [0.29, 0.717) is 17.2 Å². The van der Waals surface area contributed by atoms with E-state index in [4.69, 9.17) is 23.5 Å². The lowest BCUT2D eigenvalue weighted by molar-refractivity contribution is -0.305. The summed E-state index contributed by atoms with van der Waals surface area (Å²) in [5.41, 5.74) is 0.488. The number of aliphatic hydroxyl groups excluding tert-OH is 4. The zero-order valence-electron chi connectivity index (χ0n) is 12.0. The lowest BCUT2D eigenvalue weighted by Crippen LogP contribution is -2.59. The summed E-state index contributed by atoms with van der Waals surface area (Å²) < 4.78 is 20.8. The molecule has 1 aliphatic heterocycles. The number of hydrogen-bond donors (Lipinski definition) is 4. The third-order valence-corrected chi connectivity index (χ3v) is 3.57. The lowest BCUT2D eigenvalue weighted by atomic mass is 9.99. The van der Waals surface area contributed by atoms with E-state index in [-0.39, 0.29) is 6.61 Å². The molecule has 0 radical (unpaired) electrons. The highest BCUT2D eigenvalue weighted by atomic mass is 16.7. The number of ether oxygens (including phenoxy) is 2. The summed E-state index contributed by atoms with van der Waals surface area (Å²) in [5.74, 6) is 0.890. The first kappa shape index (κ1) is 16.1. The Labute approximate surface area is 130 Å². The van der Waals surface area contributed by atoms with Crippen molar-refractivity contribution >= 4 is 0 Å². The van der Waals surface area contributed by atoms with Crippen molar-refractivity contribution in [2.75, 3.05) is 6.61 Å². The van der Waals surface area contributed by atoms with Crippen LogP contribution in [-0.4, -0.2) is 62.9 Å². The predicted octanol–water partition coefficient (Wildman–Crippen LogP) is -0.749. The third-order valence-electron chi connectivity index (χ3n) is 3.57. The van der Waals surface area contributed by atoms with Gasteiger partial charge in [0.25, 0.3) is 0 Å². The summed E-state index contributed by atoms with van der Waals surface area (Å²) in [5, 5.41) is 42.1. The topological polar surface area (TPSA) is 139 Å². The fourth-order valence-electron chi connectivity index (χ4n) is 2.29. The monoisotopic (exact) mass is 327 g/mol. The lowest BCUT2D eigenvalue weighted by Gasteiger charge is -2.39. The molecular weight excluding hydrogens is 310 g/mol. The summed E-state index contributed by atoms with van der Waals surface area (Å²) in [6.07, 6.45) is -5.10. The smallest absolute Gasteiger partial charge is 0.187 e. The molecule has 0 unspecified atom stereocenters. The molecule has 126 valence electrons. The molecule has 23 heavy (non-hydrogen) atoms. The average Bonchev–Trinajstić information content (AvgIpc) is 3.23. The van der Waals surface area contributed by atoms with E-state index in [2.05, 4.69) is 5.16 Å². The maximum Gasteiger partial charge on any atom is 0.187 e. The van der Waals surface area contributed by atoms with Gasteiger partial charge in [-0.15, -0.1) is 0 Å². The fraction of sp³-hybridized carbons (Fsp3) is 0.500. The zero-order valence-corrected chi connectivity index (χ0v) is 12.0. The molecule has 1 aliphatic rings. The maximum atomic E-state index is 9.85. The SMILES string of the molecule is OC[C@H]1O[C@@H](OCc2cc(-c3ccco3)no2)[C@H](O)[C@@H](O)[C@H]1O. The molecular formula is C14H17NO8. The molecule has 0 saturated carbocycles.